The molecule has 1 fully saturated rings. The monoisotopic (exact) mass is 312 g/mol. The summed E-state index contributed by atoms with van der Waals surface area (Å²) in [5, 5.41) is 0. The first-order valence-corrected chi connectivity index (χ1v) is 10.8. The molecular weight excluding hydrogens is 264 g/mol. The zero-order chi connectivity index (χ0) is 16.7. The standard InChI is InChI=1S/C10H22.C6H12.C6H14/c1-3-5-7-9-10-8-6-4-2;1-2-4-6-5-3-1;1-3-5-6-4-2/h3-10H2,1-2H3;1-6H2;3-6H2,1-2H3. The Morgan fingerprint density at radius 3 is 0.727 bits per heavy atom. The summed E-state index contributed by atoms with van der Waals surface area (Å²) in [7, 11) is 0. The summed E-state index contributed by atoms with van der Waals surface area (Å²) in [4.78, 5) is 0. The Kier molecular flexibility index (Phi) is 28.6. The molecule has 0 heteroatoms. The summed E-state index contributed by atoms with van der Waals surface area (Å²) in [5.74, 6) is 0. The normalized spacial score (nSPS) is 13.6. The highest BCUT2D eigenvalue weighted by Gasteiger charge is 1.95. The second-order valence-corrected chi connectivity index (χ2v) is 6.95. The maximum absolute atomic E-state index is 2.27. The van der Waals surface area contributed by atoms with Crippen LogP contribution in [0.3, 0.4) is 0 Å². The van der Waals surface area contributed by atoms with Gasteiger partial charge in [0.05, 0.1) is 0 Å². The summed E-state index contributed by atoms with van der Waals surface area (Å²) >= 11 is 0. The molecule has 1 rings (SSSR count). The van der Waals surface area contributed by atoms with Crippen molar-refractivity contribution in [3.63, 3.8) is 0 Å². The lowest BCUT2D eigenvalue weighted by atomic mass is 10.0. The third kappa shape index (κ3) is 28.2. The lowest BCUT2D eigenvalue weighted by molar-refractivity contribution is 0.504. The van der Waals surface area contributed by atoms with Crippen LogP contribution in [0.1, 0.15) is 143 Å². The van der Waals surface area contributed by atoms with Crippen molar-refractivity contribution in [1.29, 1.82) is 0 Å². The molecule has 0 nitrogen and oxygen atoms in total. The minimum absolute atomic E-state index is 1.36. The van der Waals surface area contributed by atoms with Crippen LogP contribution in [-0.4, -0.2) is 0 Å². The number of unbranched alkanes of at least 4 members (excludes halogenated alkanes) is 10. The van der Waals surface area contributed by atoms with Gasteiger partial charge in [-0.15, -0.1) is 0 Å². The van der Waals surface area contributed by atoms with E-state index in [0.717, 1.165) is 0 Å². The Bertz CT molecular complexity index is 123. The van der Waals surface area contributed by atoms with E-state index in [4.69, 9.17) is 0 Å². The molecule has 1 saturated carbocycles. The quantitative estimate of drug-likeness (QED) is 0.353. The van der Waals surface area contributed by atoms with Crippen LogP contribution in [0.25, 0.3) is 0 Å². The van der Waals surface area contributed by atoms with Crippen molar-refractivity contribution in [1.82, 2.24) is 0 Å². The maximum atomic E-state index is 2.27. The molecule has 0 bridgehead atoms. The van der Waals surface area contributed by atoms with Crippen molar-refractivity contribution >= 4 is 0 Å². The fraction of sp³-hybridized carbons (Fsp3) is 1.00. The molecule has 0 aliphatic heterocycles. The summed E-state index contributed by atoms with van der Waals surface area (Å²) in [6, 6.07) is 0. The van der Waals surface area contributed by atoms with Gasteiger partial charge in [-0.3, -0.25) is 0 Å². The Labute approximate surface area is 143 Å². The molecule has 0 spiro atoms. The van der Waals surface area contributed by atoms with Crippen LogP contribution in [0.5, 0.6) is 0 Å². The SMILES string of the molecule is C1CCCCC1.CCCCCC.CCCCCCCCCC. The lowest BCUT2D eigenvalue weighted by Gasteiger charge is -2.05. The third-order valence-corrected chi connectivity index (χ3v) is 4.41. The topological polar surface area (TPSA) is 0 Å². The minimum Gasteiger partial charge on any atom is -0.0654 e. The third-order valence-electron chi connectivity index (χ3n) is 4.41. The van der Waals surface area contributed by atoms with E-state index >= 15 is 0 Å². The van der Waals surface area contributed by atoms with Gasteiger partial charge in [0.2, 0.25) is 0 Å². The van der Waals surface area contributed by atoms with Crippen molar-refractivity contribution in [2.24, 2.45) is 0 Å². The molecule has 0 aromatic rings. The van der Waals surface area contributed by atoms with Crippen LogP contribution < -0.4 is 0 Å². The molecule has 0 saturated heterocycles. The van der Waals surface area contributed by atoms with Gasteiger partial charge in [-0.1, -0.05) is 143 Å². The second-order valence-electron chi connectivity index (χ2n) is 6.95. The van der Waals surface area contributed by atoms with E-state index in [1.807, 2.05) is 0 Å². The largest absolute Gasteiger partial charge is 0.0654 e. The van der Waals surface area contributed by atoms with Crippen LogP contribution in [-0.2, 0) is 0 Å². The van der Waals surface area contributed by atoms with E-state index in [1.165, 1.54) is 116 Å². The Balaban J connectivity index is 0. The Hall–Kier alpha value is 0. The zero-order valence-corrected chi connectivity index (χ0v) is 16.7. The zero-order valence-electron chi connectivity index (χ0n) is 16.7. The van der Waals surface area contributed by atoms with Gasteiger partial charge in [0.1, 0.15) is 0 Å². The summed E-state index contributed by atoms with van der Waals surface area (Å²) < 4.78 is 0. The highest BCUT2D eigenvalue weighted by Crippen LogP contribution is 2.15. The molecule has 0 aromatic carbocycles. The predicted molar refractivity (Wildman–Crippen MR) is 106 cm³/mol. The number of rotatable bonds is 10. The van der Waals surface area contributed by atoms with Crippen molar-refractivity contribution in [2.75, 3.05) is 0 Å². The first-order chi connectivity index (χ1) is 10.8. The first-order valence-electron chi connectivity index (χ1n) is 10.8. The Morgan fingerprint density at radius 1 is 0.318 bits per heavy atom. The van der Waals surface area contributed by atoms with Crippen LogP contribution in [0.2, 0.25) is 0 Å². The fourth-order valence-electron chi connectivity index (χ4n) is 2.77. The molecular formula is C22H48. The highest BCUT2D eigenvalue weighted by atomic mass is 14.0. The van der Waals surface area contributed by atoms with E-state index < -0.39 is 0 Å². The van der Waals surface area contributed by atoms with Crippen molar-refractivity contribution < 1.29 is 0 Å². The van der Waals surface area contributed by atoms with Gasteiger partial charge in [0, 0.05) is 0 Å². The number of hydrogen-bond acceptors (Lipinski definition) is 0. The van der Waals surface area contributed by atoms with Gasteiger partial charge in [0.15, 0.2) is 0 Å². The fourth-order valence-corrected chi connectivity index (χ4v) is 2.77. The van der Waals surface area contributed by atoms with Crippen LogP contribution in [0.4, 0.5) is 0 Å². The summed E-state index contributed by atoms with van der Waals surface area (Å²) in [5.41, 5.74) is 0. The van der Waals surface area contributed by atoms with E-state index in [9.17, 15) is 0 Å². The average Bonchev–Trinajstić information content (AvgIpc) is 2.59. The summed E-state index contributed by atoms with van der Waals surface area (Å²) in [6.45, 7) is 9.00. The molecule has 0 heterocycles. The molecule has 0 radical (unpaired) electrons. The maximum Gasteiger partial charge on any atom is -0.0533 e. The van der Waals surface area contributed by atoms with Gasteiger partial charge < -0.3 is 0 Å². The highest BCUT2D eigenvalue weighted by molar-refractivity contribution is 4.51. The first kappa shape index (κ1) is 24.3. The van der Waals surface area contributed by atoms with E-state index in [-0.39, 0.29) is 0 Å². The molecule has 1 aliphatic rings. The van der Waals surface area contributed by atoms with Crippen molar-refractivity contribution in [2.45, 2.75) is 143 Å². The van der Waals surface area contributed by atoms with Crippen molar-refractivity contribution in [3.8, 4) is 0 Å². The van der Waals surface area contributed by atoms with Crippen molar-refractivity contribution in [3.05, 3.63) is 0 Å². The minimum atomic E-state index is 1.36. The Morgan fingerprint density at radius 2 is 0.500 bits per heavy atom. The molecule has 0 unspecified atom stereocenters. The lowest BCUT2D eigenvalue weighted by Crippen LogP contribution is -1.85. The molecule has 0 N–H and O–H groups in total. The van der Waals surface area contributed by atoms with E-state index in [2.05, 4.69) is 27.7 Å². The van der Waals surface area contributed by atoms with Gasteiger partial charge in [-0.2, -0.15) is 0 Å². The van der Waals surface area contributed by atoms with E-state index in [0.29, 0.717) is 0 Å². The van der Waals surface area contributed by atoms with Gasteiger partial charge in [-0.25, -0.2) is 0 Å². The number of hydrogen-bond donors (Lipinski definition) is 0. The smallest absolute Gasteiger partial charge is 0.0533 e. The van der Waals surface area contributed by atoms with E-state index in [1.54, 1.807) is 0 Å². The van der Waals surface area contributed by atoms with Crippen LogP contribution in [0, 0.1) is 0 Å². The van der Waals surface area contributed by atoms with Gasteiger partial charge in [0.25, 0.3) is 0 Å². The average molecular weight is 313 g/mol. The van der Waals surface area contributed by atoms with Crippen LogP contribution >= 0.6 is 0 Å². The second kappa shape index (κ2) is 25.9. The van der Waals surface area contributed by atoms with Crippen LogP contribution in [0.15, 0.2) is 0 Å². The molecule has 22 heavy (non-hydrogen) atoms. The molecule has 0 aromatic heterocycles. The molecule has 0 atom stereocenters. The van der Waals surface area contributed by atoms with Gasteiger partial charge in [-0.05, 0) is 0 Å². The molecule has 136 valence electrons. The molecule has 1 aliphatic carbocycles. The predicted octanol–water partition coefficient (Wildman–Crippen LogP) is 9.07. The molecule has 0 amide bonds. The summed E-state index contributed by atoms with van der Waals surface area (Å²) in [6.07, 6.45) is 26.0. The van der Waals surface area contributed by atoms with Gasteiger partial charge >= 0.3 is 0 Å².